The summed E-state index contributed by atoms with van der Waals surface area (Å²) >= 11 is 0. The molecule has 8 nitrogen and oxygen atoms in total. The Hall–Kier alpha value is -3.68. The van der Waals surface area contributed by atoms with Crippen LogP contribution >= 0.6 is 0 Å². The van der Waals surface area contributed by atoms with Gasteiger partial charge in [-0.3, -0.25) is 4.79 Å². The van der Waals surface area contributed by atoms with Gasteiger partial charge in [0.2, 0.25) is 0 Å². The van der Waals surface area contributed by atoms with Crippen LogP contribution in [0.3, 0.4) is 0 Å². The number of nitrogens with one attached hydrogen (secondary N) is 2. The second kappa shape index (κ2) is 7.91. The molecule has 0 saturated carbocycles. The molecular formula is C20H20N6O2. The quantitative estimate of drug-likeness (QED) is 0.434. The van der Waals surface area contributed by atoms with Crippen LogP contribution in [-0.2, 0) is 19.3 Å². The molecule has 0 unspecified atom stereocenters. The molecule has 4 aromatic rings. The number of amides is 1. The van der Waals surface area contributed by atoms with Crippen LogP contribution in [0.2, 0.25) is 0 Å². The number of furan rings is 1. The largest absolute Gasteiger partial charge is 0.456 e. The average Bonchev–Trinajstić information content (AvgIpc) is 3.38. The number of nitrogens with zero attached hydrogens (tertiary/aromatic N) is 3. The number of aromatic nitrogens is 4. The second-order valence-corrected chi connectivity index (χ2v) is 6.46. The minimum atomic E-state index is -0.556. The molecule has 3 heterocycles. The van der Waals surface area contributed by atoms with E-state index in [1.54, 1.807) is 24.8 Å². The lowest BCUT2D eigenvalue weighted by Crippen LogP contribution is -2.09. The Morgan fingerprint density at radius 2 is 2.07 bits per heavy atom. The Kier molecular flexibility index (Phi) is 5.01. The Labute approximate surface area is 161 Å². The van der Waals surface area contributed by atoms with Crippen LogP contribution in [0.1, 0.15) is 27.6 Å². The first kappa shape index (κ1) is 17.7. The molecule has 28 heavy (non-hydrogen) atoms. The van der Waals surface area contributed by atoms with E-state index in [-0.39, 0.29) is 5.76 Å². The van der Waals surface area contributed by atoms with E-state index in [9.17, 15) is 4.79 Å². The molecule has 0 aliphatic heterocycles. The highest BCUT2D eigenvalue weighted by Crippen LogP contribution is 2.22. The lowest BCUT2D eigenvalue weighted by molar-refractivity contribution is 0.0972. The van der Waals surface area contributed by atoms with Gasteiger partial charge in [0.1, 0.15) is 17.9 Å². The number of primary amides is 1. The summed E-state index contributed by atoms with van der Waals surface area (Å²) in [5.74, 6) is 1.17. The van der Waals surface area contributed by atoms with Gasteiger partial charge in [0, 0.05) is 36.7 Å². The van der Waals surface area contributed by atoms with Gasteiger partial charge in [-0.1, -0.05) is 6.07 Å². The molecule has 0 aliphatic rings. The number of fused-ring (bicyclic) bond motifs is 1. The van der Waals surface area contributed by atoms with Crippen molar-refractivity contribution in [1.29, 1.82) is 0 Å². The third kappa shape index (κ3) is 4.01. The topological polar surface area (TPSA) is 123 Å². The number of anilines is 1. The van der Waals surface area contributed by atoms with Crippen molar-refractivity contribution < 1.29 is 9.21 Å². The zero-order chi connectivity index (χ0) is 19.3. The fourth-order valence-electron chi connectivity index (χ4n) is 3.05. The number of aryl methyl sites for hydroxylation is 2. The molecule has 0 bridgehead atoms. The Morgan fingerprint density at radius 1 is 1.14 bits per heavy atom. The van der Waals surface area contributed by atoms with Crippen LogP contribution in [0.4, 0.5) is 5.82 Å². The fourth-order valence-corrected chi connectivity index (χ4v) is 3.05. The van der Waals surface area contributed by atoms with Crippen molar-refractivity contribution in [2.45, 2.75) is 19.3 Å². The van der Waals surface area contributed by atoms with Gasteiger partial charge in [0.25, 0.3) is 5.91 Å². The van der Waals surface area contributed by atoms with Crippen molar-refractivity contribution in [2.75, 3.05) is 11.9 Å². The van der Waals surface area contributed by atoms with E-state index in [0.717, 1.165) is 53.1 Å². The van der Waals surface area contributed by atoms with Crippen LogP contribution in [0, 0.1) is 0 Å². The van der Waals surface area contributed by atoms with E-state index in [4.69, 9.17) is 10.2 Å². The molecule has 0 spiro atoms. The number of aromatic amines is 1. The summed E-state index contributed by atoms with van der Waals surface area (Å²) < 4.78 is 5.45. The van der Waals surface area contributed by atoms with Crippen LogP contribution in [0.25, 0.3) is 10.9 Å². The Morgan fingerprint density at radius 3 is 2.86 bits per heavy atom. The number of carbonyl (C=O) groups is 1. The molecule has 4 N–H and O–H groups in total. The summed E-state index contributed by atoms with van der Waals surface area (Å²) in [5.41, 5.74) is 8.32. The molecule has 1 aromatic carbocycles. The number of benzene rings is 1. The van der Waals surface area contributed by atoms with Crippen molar-refractivity contribution in [3.8, 4) is 0 Å². The normalized spacial score (nSPS) is 11.0. The standard InChI is InChI=1S/C20H20N6O2/c21-19(27)18-6-4-15(28-18)3-1-13-2-5-17-16(9-13)20(26-12-25-17)23-8-7-14-10-22-11-24-14/h2,4-6,9-12H,1,3,7-8H2,(H2,21,27)(H,22,24)(H,23,25,26). The summed E-state index contributed by atoms with van der Waals surface area (Å²) in [7, 11) is 0. The van der Waals surface area contributed by atoms with Crippen LogP contribution in [-0.4, -0.2) is 32.4 Å². The number of H-pyrrole nitrogens is 1. The van der Waals surface area contributed by atoms with E-state index in [1.165, 1.54) is 0 Å². The first-order valence-corrected chi connectivity index (χ1v) is 9.02. The molecule has 4 rings (SSSR count). The minimum absolute atomic E-state index is 0.186. The van der Waals surface area contributed by atoms with Crippen molar-refractivity contribution in [1.82, 2.24) is 19.9 Å². The molecule has 0 saturated heterocycles. The van der Waals surface area contributed by atoms with Gasteiger partial charge in [0.05, 0.1) is 11.8 Å². The third-order valence-corrected chi connectivity index (χ3v) is 4.51. The molecule has 0 atom stereocenters. The summed E-state index contributed by atoms with van der Waals surface area (Å²) in [5, 5.41) is 4.35. The van der Waals surface area contributed by atoms with Gasteiger partial charge < -0.3 is 20.5 Å². The van der Waals surface area contributed by atoms with Crippen LogP contribution < -0.4 is 11.1 Å². The highest BCUT2D eigenvalue weighted by Gasteiger charge is 2.09. The van der Waals surface area contributed by atoms with E-state index in [1.807, 2.05) is 18.3 Å². The lowest BCUT2D eigenvalue weighted by atomic mass is 10.1. The molecule has 0 radical (unpaired) electrons. The maximum atomic E-state index is 11.1. The predicted octanol–water partition coefficient (Wildman–Crippen LogP) is 2.48. The number of rotatable bonds is 8. The minimum Gasteiger partial charge on any atom is -0.456 e. The van der Waals surface area contributed by atoms with E-state index < -0.39 is 5.91 Å². The van der Waals surface area contributed by atoms with Crippen molar-refractivity contribution in [2.24, 2.45) is 5.73 Å². The zero-order valence-electron chi connectivity index (χ0n) is 15.2. The van der Waals surface area contributed by atoms with E-state index in [2.05, 4.69) is 31.3 Å². The predicted molar refractivity (Wildman–Crippen MR) is 105 cm³/mol. The molecular weight excluding hydrogens is 356 g/mol. The molecule has 0 fully saturated rings. The van der Waals surface area contributed by atoms with Crippen molar-refractivity contribution >= 4 is 22.6 Å². The van der Waals surface area contributed by atoms with Gasteiger partial charge in [-0.15, -0.1) is 0 Å². The van der Waals surface area contributed by atoms with Gasteiger partial charge >= 0.3 is 0 Å². The fraction of sp³-hybridized carbons (Fsp3) is 0.200. The Bertz CT molecular complexity index is 1090. The van der Waals surface area contributed by atoms with E-state index >= 15 is 0 Å². The molecule has 3 aromatic heterocycles. The maximum absolute atomic E-state index is 11.1. The van der Waals surface area contributed by atoms with Crippen molar-refractivity contribution in [3.63, 3.8) is 0 Å². The summed E-state index contributed by atoms with van der Waals surface area (Å²) in [4.78, 5) is 27.0. The number of carbonyl (C=O) groups excluding carboxylic acids is 1. The van der Waals surface area contributed by atoms with Gasteiger partial charge in [0.15, 0.2) is 5.76 Å². The smallest absolute Gasteiger partial charge is 0.284 e. The van der Waals surface area contributed by atoms with Crippen LogP contribution in [0.5, 0.6) is 0 Å². The van der Waals surface area contributed by atoms with Gasteiger partial charge in [-0.05, 0) is 36.2 Å². The van der Waals surface area contributed by atoms with Gasteiger partial charge in [-0.25, -0.2) is 15.0 Å². The molecule has 0 aliphatic carbocycles. The maximum Gasteiger partial charge on any atom is 0.284 e. The number of nitrogens with two attached hydrogens (primary N) is 1. The molecule has 142 valence electrons. The summed E-state index contributed by atoms with van der Waals surface area (Å²) in [6, 6.07) is 9.51. The highest BCUT2D eigenvalue weighted by molar-refractivity contribution is 5.90. The van der Waals surface area contributed by atoms with E-state index in [0.29, 0.717) is 6.42 Å². The number of hydrogen-bond donors (Lipinski definition) is 3. The van der Waals surface area contributed by atoms with Crippen molar-refractivity contribution in [3.05, 3.63) is 72.0 Å². The first-order chi connectivity index (χ1) is 13.7. The third-order valence-electron chi connectivity index (χ3n) is 4.51. The van der Waals surface area contributed by atoms with Gasteiger partial charge in [-0.2, -0.15) is 0 Å². The average molecular weight is 376 g/mol. The Balaban J connectivity index is 1.46. The number of imidazole rings is 1. The van der Waals surface area contributed by atoms with Crippen LogP contribution in [0.15, 0.2) is 53.6 Å². The summed E-state index contributed by atoms with van der Waals surface area (Å²) in [6.45, 7) is 0.737. The first-order valence-electron chi connectivity index (χ1n) is 9.02. The summed E-state index contributed by atoms with van der Waals surface area (Å²) in [6.07, 6.45) is 7.32. The second-order valence-electron chi connectivity index (χ2n) is 6.46. The monoisotopic (exact) mass is 376 g/mol. The number of hydrogen-bond acceptors (Lipinski definition) is 6. The SMILES string of the molecule is NC(=O)c1ccc(CCc2ccc3ncnc(NCCc4cnc[nH]4)c3c2)o1. The highest BCUT2D eigenvalue weighted by atomic mass is 16.3. The zero-order valence-corrected chi connectivity index (χ0v) is 15.2. The molecule has 1 amide bonds. The molecule has 8 heteroatoms. The lowest BCUT2D eigenvalue weighted by Gasteiger charge is -2.09.